The Labute approximate surface area is 422 Å². The van der Waals surface area contributed by atoms with Crippen molar-refractivity contribution in [3.8, 4) is 22.3 Å². The summed E-state index contributed by atoms with van der Waals surface area (Å²) in [6.07, 6.45) is -2.61. The SMILES string of the molecule is Cc1ncsc1-c1ccc(CNC(=O)[C@@H]2C[C@@H](O)CN2C(=O)[C@@H](CC(=O)COCCCOCCCCCOc2ccc(N3C(=S)N(c4ccc(C#N)c(C(F)(F)F)c4)C(=O)C3(C)C)cc2)C(C)(C)C)cc1. The minimum atomic E-state index is -4.80. The highest BCUT2D eigenvalue weighted by Crippen LogP contribution is 2.40. The number of carbonyl (C=O) groups is 4. The van der Waals surface area contributed by atoms with Crippen LogP contribution in [0, 0.1) is 29.6 Å². The van der Waals surface area contributed by atoms with Gasteiger partial charge < -0.3 is 34.4 Å². The van der Waals surface area contributed by atoms with Gasteiger partial charge in [0.05, 0.1) is 51.7 Å². The lowest BCUT2D eigenvalue weighted by atomic mass is 9.77. The number of aryl methyl sites for hydroxylation is 1. The molecule has 4 aromatic rings. The number of ether oxygens (including phenoxy) is 3. The molecule has 14 nitrogen and oxygen atoms in total. The molecule has 0 saturated carbocycles. The molecule has 2 aliphatic heterocycles. The number of rotatable bonds is 22. The third-order valence-electron chi connectivity index (χ3n) is 12.6. The van der Waals surface area contributed by atoms with Gasteiger partial charge in [0, 0.05) is 57.4 Å². The number of halogens is 3. The van der Waals surface area contributed by atoms with Crippen LogP contribution in [-0.2, 0) is 41.4 Å². The van der Waals surface area contributed by atoms with E-state index in [4.69, 9.17) is 26.4 Å². The molecule has 3 amide bonds. The Morgan fingerprint density at radius 2 is 1.62 bits per heavy atom. The number of thiocarbonyl (C=S) groups is 1. The zero-order valence-corrected chi connectivity index (χ0v) is 42.5. The van der Waals surface area contributed by atoms with E-state index < -0.39 is 52.2 Å². The first-order chi connectivity index (χ1) is 33.6. The van der Waals surface area contributed by atoms with Gasteiger partial charge in [0.15, 0.2) is 10.9 Å². The number of benzene rings is 3. The van der Waals surface area contributed by atoms with E-state index in [9.17, 15) is 42.7 Å². The highest BCUT2D eigenvalue weighted by atomic mass is 32.1. The average molecular weight is 1020 g/mol. The minimum absolute atomic E-state index is 0.00312. The maximum absolute atomic E-state index is 14.0. The summed E-state index contributed by atoms with van der Waals surface area (Å²) in [5.41, 5.74) is 1.65. The molecule has 6 rings (SSSR count). The zero-order chi connectivity index (χ0) is 51.7. The summed E-state index contributed by atoms with van der Waals surface area (Å²) in [5, 5.41) is 22.7. The van der Waals surface area contributed by atoms with Crippen LogP contribution in [0.1, 0.15) is 95.5 Å². The first kappa shape index (κ1) is 54.6. The highest BCUT2D eigenvalue weighted by Gasteiger charge is 2.51. The number of β-amino-alcohol motifs (C(OH)–C–C–N with tert-alkyl or cyclic N) is 1. The summed E-state index contributed by atoms with van der Waals surface area (Å²) < 4.78 is 58.4. The number of anilines is 2. The van der Waals surface area contributed by atoms with Crippen molar-refractivity contribution in [3.63, 3.8) is 0 Å². The Morgan fingerprint density at radius 3 is 2.27 bits per heavy atom. The van der Waals surface area contributed by atoms with Crippen molar-refractivity contribution in [2.75, 3.05) is 49.4 Å². The standard InChI is InChI=1S/C52H61F3N6O8S2/c1-33-45(71-32-58-33)35-13-11-34(12-14-35)29-57-46(64)44-27-39(62)30-59(44)47(65)43(50(2,3)4)26-40(63)31-68-23-10-22-67-21-8-7-9-24-69-41-19-17-37(18-20-41)61-49(70)60(48(66)51(61,5)6)38-16-15-36(28-56)42(25-38)52(53,54)55/h11-20,25,32,39,43-44,62H,7-10,21-24,26-27,29-31H2,1-6H3,(H,57,64)/t39-,43-,44+/m1/s1. The van der Waals surface area contributed by atoms with E-state index in [1.165, 1.54) is 11.0 Å². The summed E-state index contributed by atoms with van der Waals surface area (Å²) in [6, 6.07) is 18.5. The maximum Gasteiger partial charge on any atom is 0.417 e. The molecule has 0 spiro atoms. The van der Waals surface area contributed by atoms with E-state index in [2.05, 4.69) is 10.3 Å². The number of Topliss-reactive ketones (excluding diaryl/α,β-unsaturated/α-hetero) is 1. The molecule has 3 atom stereocenters. The molecule has 2 aliphatic rings. The van der Waals surface area contributed by atoms with E-state index in [-0.39, 0.29) is 60.9 Å². The summed E-state index contributed by atoms with van der Waals surface area (Å²) in [7, 11) is 0. The second kappa shape index (κ2) is 23.6. The molecule has 2 fully saturated rings. The number of likely N-dealkylation sites (tertiary alicyclic amines) is 1. The van der Waals surface area contributed by atoms with Crippen LogP contribution in [-0.4, -0.2) is 101 Å². The number of ketones is 1. The van der Waals surface area contributed by atoms with Crippen LogP contribution in [0.25, 0.3) is 10.4 Å². The number of nitriles is 1. The van der Waals surface area contributed by atoms with Crippen LogP contribution >= 0.6 is 23.6 Å². The molecule has 0 bridgehead atoms. The number of aromatic nitrogens is 1. The predicted octanol–water partition coefficient (Wildman–Crippen LogP) is 8.80. The Balaban J connectivity index is 0.851. The Bertz CT molecular complexity index is 2580. The number of unbranched alkanes of at least 4 members (excludes halogenated alkanes) is 2. The summed E-state index contributed by atoms with van der Waals surface area (Å²) in [5.74, 6) is -1.58. The molecule has 3 heterocycles. The Morgan fingerprint density at radius 1 is 0.958 bits per heavy atom. The number of nitrogens with one attached hydrogen (secondary N) is 1. The lowest BCUT2D eigenvalue weighted by Crippen LogP contribution is -2.50. The van der Waals surface area contributed by atoms with Gasteiger partial charge in [-0.2, -0.15) is 18.4 Å². The van der Waals surface area contributed by atoms with Gasteiger partial charge in [0.1, 0.15) is 23.9 Å². The number of amides is 3. The zero-order valence-electron chi connectivity index (χ0n) is 40.8. The topological polar surface area (TPSA) is 175 Å². The number of hydrogen-bond donors (Lipinski definition) is 2. The fraction of sp³-hybridized carbons (Fsp3) is 0.481. The second-order valence-corrected chi connectivity index (χ2v) is 20.5. The van der Waals surface area contributed by atoms with Gasteiger partial charge in [-0.05, 0) is 118 Å². The van der Waals surface area contributed by atoms with Crippen molar-refractivity contribution < 1.29 is 51.7 Å². The minimum Gasteiger partial charge on any atom is -0.494 e. The van der Waals surface area contributed by atoms with Gasteiger partial charge in [-0.25, -0.2) is 4.98 Å². The monoisotopic (exact) mass is 1020 g/mol. The van der Waals surface area contributed by atoms with Crippen LogP contribution in [0.2, 0.25) is 0 Å². The summed E-state index contributed by atoms with van der Waals surface area (Å²) in [4.78, 5) is 63.5. The molecule has 71 heavy (non-hydrogen) atoms. The van der Waals surface area contributed by atoms with Crippen LogP contribution in [0.5, 0.6) is 5.75 Å². The van der Waals surface area contributed by atoms with Crippen LogP contribution < -0.4 is 19.9 Å². The Kier molecular flexibility index (Phi) is 18.2. The third-order valence-corrected chi connectivity index (χ3v) is 13.9. The lowest BCUT2D eigenvalue weighted by molar-refractivity contribution is -0.146. The van der Waals surface area contributed by atoms with Crippen molar-refractivity contribution in [3.05, 3.63) is 94.6 Å². The molecular formula is C52H61F3N6O8S2. The maximum atomic E-state index is 14.0. The summed E-state index contributed by atoms with van der Waals surface area (Å²) >= 11 is 7.19. The molecule has 380 valence electrons. The second-order valence-electron chi connectivity index (χ2n) is 19.3. The molecule has 1 aromatic heterocycles. The fourth-order valence-electron chi connectivity index (χ4n) is 8.59. The smallest absolute Gasteiger partial charge is 0.417 e. The molecule has 2 saturated heterocycles. The van der Waals surface area contributed by atoms with Gasteiger partial charge >= 0.3 is 6.18 Å². The van der Waals surface area contributed by atoms with Crippen molar-refractivity contribution >= 4 is 63.5 Å². The highest BCUT2D eigenvalue weighted by molar-refractivity contribution is 7.81. The van der Waals surface area contributed by atoms with Gasteiger partial charge in [-0.3, -0.25) is 24.1 Å². The first-order valence-corrected chi connectivity index (χ1v) is 24.9. The van der Waals surface area contributed by atoms with E-state index >= 15 is 0 Å². The summed E-state index contributed by atoms with van der Waals surface area (Å²) in [6.45, 7) is 12.7. The number of alkyl halides is 3. The van der Waals surface area contributed by atoms with Crippen molar-refractivity contribution in [1.82, 2.24) is 15.2 Å². The Hall–Kier alpha value is -5.78. The van der Waals surface area contributed by atoms with Gasteiger partial charge in [-0.1, -0.05) is 45.0 Å². The third kappa shape index (κ3) is 13.6. The fourth-order valence-corrected chi connectivity index (χ4v) is 9.93. The van der Waals surface area contributed by atoms with E-state index in [1.54, 1.807) is 65.9 Å². The largest absolute Gasteiger partial charge is 0.494 e. The average Bonchev–Trinajstić information content (AvgIpc) is 3.99. The molecule has 0 unspecified atom stereocenters. The van der Waals surface area contributed by atoms with E-state index in [1.807, 2.05) is 52.0 Å². The molecule has 3 aromatic carbocycles. The van der Waals surface area contributed by atoms with E-state index in [0.717, 1.165) is 58.0 Å². The molecule has 0 radical (unpaired) electrons. The van der Waals surface area contributed by atoms with Crippen molar-refractivity contribution in [2.24, 2.45) is 11.3 Å². The molecule has 2 N–H and O–H groups in total. The number of aliphatic hydroxyl groups excluding tert-OH is 1. The molecule has 19 heteroatoms. The van der Waals surface area contributed by atoms with E-state index in [0.29, 0.717) is 44.3 Å². The predicted molar refractivity (Wildman–Crippen MR) is 268 cm³/mol. The van der Waals surface area contributed by atoms with Crippen LogP contribution in [0.15, 0.2) is 72.2 Å². The van der Waals surface area contributed by atoms with Crippen molar-refractivity contribution in [2.45, 2.75) is 110 Å². The number of thiazole rings is 1. The van der Waals surface area contributed by atoms with Gasteiger partial charge in [0.2, 0.25) is 11.8 Å². The van der Waals surface area contributed by atoms with Gasteiger partial charge in [-0.15, -0.1) is 11.3 Å². The lowest BCUT2D eigenvalue weighted by Gasteiger charge is -2.34. The normalized spacial score (nSPS) is 17.4. The number of aliphatic hydroxyl groups is 1. The quantitative estimate of drug-likeness (QED) is 0.0567. The van der Waals surface area contributed by atoms with Crippen LogP contribution in [0.4, 0.5) is 24.5 Å². The van der Waals surface area contributed by atoms with Crippen LogP contribution in [0.3, 0.4) is 0 Å². The van der Waals surface area contributed by atoms with Crippen molar-refractivity contribution in [1.29, 1.82) is 5.26 Å². The molecule has 0 aliphatic carbocycles. The molecular weight excluding hydrogens is 958 g/mol. The number of hydrogen-bond acceptors (Lipinski definition) is 12. The number of carbonyl (C=O) groups excluding carboxylic acids is 4. The van der Waals surface area contributed by atoms with Gasteiger partial charge in [0.25, 0.3) is 5.91 Å². The first-order valence-electron chi connectivity index (χ1n) is 23.6. The number of nitrogens with zero attached hydrogens (tertiary/aromatic N) is 5.